The molecule has 2 aromatic rings. The Kier molecular flexibility index (Phi) is 8.61. The number of halogens is 3. The van der Waals surface area contributed by atoms with E-state index >= 15 is 4.39 Å². The quantitative estimate of drug-likeness (QED) is 0.428. The Morgan fingerprint density at radius 3 is 2.41 bits per heavy atom. The largest absolute Gasteiger partial charge is 0.490 e. The SMILES string of the molecule is CC(=O)N(C)CCCS(=O)(=O)CC[C@@H]1OCC[C@@]2(S(=O)(=O)c3ccc(Cl)cc3)c3c(F)ccc(F)c3OC[C@@H]12. The normalized spacial score (nSPS) is 22.9. The second kappa shape index (κ2) is 11.3. The second-order valence-electron chi connectivity index (χ2n) is 9.89. The van der Waals surface area contributed by atoms with E-state index in [1.54, 1.807) is 7.05 Å². The first-order valence-corrected chi connectivity index (χ1v) is 16.1. The summed E-state index contributed by atoms with van der Waals surface area (Å²) in [5, 5.41) is 0.303. The van der Waals surface area contributed by atoms with Crippen molar-refractivity contribution in [3.8, 4) is 5.75 Å². The number of benzene rings is 2. The summed E-state index contributed by atoms with van der Waals surface area (Å²) in [6.45, 7) is 1.23. The van der Waals surface area contributed by atoms with E-state index in [1.165, 1.54) is 36.1 Å². The number of ether oxygens (including phenoxy) is 2. The van der Waals surface area contributed by atoms with E-state index in [4.69, 9.17) is 21.1 Å². The van der Waals surface area contributed by atoms with Gasteiger partial charge in [-0.3, -0.25) is 4.79 Å². The number of fused-ring (bicyclic) bond motifs is 3. The summed E-state index contributed by atoms with van der Waals surface area (Å²) in [7, 11) is -6.39. The molecular weight excluding hydrogens is 576 g/mol. The maximum Gasteiger partial charge on any atom is 0.219 e. The Balaban J connectivity index is 1.69. The Hall–Kier alpha value is -2.28. The van der Waals surface area contributed by atoms with Gasteiger partial charge in [-0.05, 0) is 55.7 Å². The fraction of sp³-hybridized carbons (Fsp3) is 0.500. The monoisotopic (exact) mass is 605 g/mol. The van der Waals surface area contributed by atoms with Crippen molar-refractivity contribution in [2.24, 2.45) is 5.92 Å². The standard InChI is InChI=1S/C26H30ClF2NO7S2/c1-17(31)30(2)12-3-14-38(32,33)15-10-23-20-16-37-25-22(29)9-8-21(28)24(25)26(20,11-13-36-23)39(34,35)19-6-4-18(27)5-7-19/h4-9,20,23H,3,10-16H2,1-2H3/t20-,23-,26-/m0/s1. The van der Waals surface area contributed by atoms with Crippen LogP contribution in [0.25, 0.3) is 0 Å². The number of sulfone groups is 2. The first-order valence-electron chi connectivity index (χ1n) is 12.5. The predicted molar refractivity (Wildman–Crippen MR) is 141 cm³/mol. The molecule has 2 aromatic carbocycles. The van der Waals surface area contributed by atoms with Crippen LogP contribution in [0.1, 0.15) is 31.7 Å². The lowest BCUT2D eigenvalue weighted by Crippen LogP contribution is -2.57. The van der Waals surface area contributed by atoms with E-state index in [-0.39, 0.29) is 61.3 Å². The molecule has 0 aliphatic carbocycles. The molecule has 13 heteroatoms. The third-order valence-electron chi connectivity index (χ3n) is 7.55. The molecule has 0 aromatic heterocycles. The van der Waals surface area contributed by atoms with Crippen molar-refractivity contribution < 1.29 is 39.9 Å². The predicted octanol–water partition coefficient (Wildman–Crippen LogP) is 3.76. The molecule has 3 atom stereocenters. The molecule has 0 unspecified atom stereocenters. The summed E-state index contributed by atoms with van der Waals surface area (Å²) < 4.78 is 93.9. The van der Waals surface area contributed by atoms with Crippen LogP contribution in [0, 0.1) is 17.6 Å². The highest BCUT2D eigenvalue weighted by molar-refractivity contribution is 7.92. The maximum atomic E-state index is 15.4. The Morgan fingerprint density at radius 1 is 1.08 bits per heavy atom. The number of nitrogens with zero attached hydrogens (tertiary/aromatic N) is 1. The van der Waals surface area contributed by atoms with Gasteiger partial charge in [0.1, 0.15) is 20.4 Å². The van der Waals surface area contributed by atoms with E-state index in [9.17, 15) is 26.0 Å². The molecule has 0 N–H and O–H groups in total. The van der Waals surface area contributed by atoms with E-state index in [2.05, 4.69) is 0 Å². The maximum absolute atomic E-state index is 15.4. The van der Waals surface area contributed by atoms with Crippen molar-refractivity contribution in [1.29, 1.82) is 0 Å². The summed E-state index contributed by atoms with van der Waals surface area (Å²) in [5.74, 6) is -3.97. The van der Waals surface area contributed by atoms with Crippen LogP contribution >= 0.6 is 11.6 Å². The average Bonchev–Trinajstić information content (AvgIpc) is 2.89. The van der Waals surface area contributed by atoms with Crippen LogP contribution in [0.3, 0.4) is 0 Å². The van der Waals surface area contributed by atoms with Crippen LogP contribution in [0.4, 0.5) is 8.78 Å². The minimum Gasteiger partial charge on any atom is -0.490 e. The molecule has 0 spiro atoms. The van der Waals surface area contributed by atoms with Gasteiger partial charge in [-0.15, -0.1) is 0 Å². The summed E-state index contributed by atoms with van der Waals surface area (Å²) in [6.07, 6.45) is -0.932. The lowest BCUT2D eigenvalue weighted by Gasteiger charge is -2.50. The van der Waals surface area contributed by atoms with Crippen molar-refractivity contribution in [1.82, 2.24) is 4.90 Å². The number of hydrogen-bond acceptors (Lipinski definition) is 7. The van der Waals surface area contributed by atoms with Crippen LogP contribution in [0.2, 0.25) is 5.02 Å². The topological polar surface area (TPSA) is 107 Å². The number of carbonyl (C=O) groups excluding carboxylic acids is 1. The molecule has 0 radical (unpaired) electrons. The van der Waals surface area contributed by atoms with Crippen molar-refractivity contribution in [3.05, 3.63) is 58.6 Å². The van der Waals surface area contributed by atoms with Crippen LogP contribution in [0.15, 0.2) is 41.3 Å². The molecule has 0 saturated carbocycles. The molecule has 0 bridgehead atoms. The van der Waals surface area contributed by atoms with Gasteiger partial charge in [-0.1, -0.05) is 11.6 Å². The van der Waals surface area contributed by atoms with Crippen LogP contribution < -0.4 is 4.74 Å². The van der Waals surface area contributed by atoms with E-state index < -0.39 is 59.4 Å². The molecule has 39 heavy (non-hydrogen) atoms. The van der Waals surface area contributed by atoms with Crippen LogP contribution in [-0.4, -0.2) is 72.1 Å². The fourth-order valence-electron chi connectivity index (χ4n) is 5.41. The van der Waals surface area contributed by atoms with Gasteiger partial charge in [0.05, 0.1) is 34.7 Å². The van der Waals surface area contributed by atoms with Crippen LogP contribution in [-0.2, 0) is 34.0 Å². The third kappa shape index (κ3) is 5.66. The van der Waals surface area contributed by atoms with Crippen molar-refractivity contribution in [2.75, 3.05) is 38.3 Å². The highest BCUT2D eigenvalue weighted by atomic mass is 35.5. The van der Waals surface area contributed by atoms with Gasteiger partial charge < -0.3 is 14.4 Å². The van der Waals surface area contributed by atoms with Gasteiger partial charge in [0, 0.05) is 38.1 Å². The molecule has 4 rings (SSSR count). The van der Waals surface area contributed by atoms with Gasteiger partial charge in [-0.2, -0.15) is 0 Å². The fourth-order valence-corrected chi connectivity index (χ4v) is 9.25. The lowest BCUT2D eigenvalue weighted by molar-refractivity contribution is -0.127. The van der Waals surface area contributed by atoms with Gasteiger partial charge in [0.2, 0.25) is 5.91 Å². The minimum atomic E-state index is -4.38. The summed E-state index contributed by atoms with van der Waals surface area (Å²) in [5.41, 5.74) is -0.405. The lowest BCUT2D eigenvalue weighted by atomic mass is 9.75. The molecule has 1 amide bonds. The summed E-state index contributed by atoms with van der Waals surface area (Å²) in [6, 6.07) is 7.16. The van der Waals surface area contributed by atoms with Gasteiger partial charge >= 0.3 is 0 Å². The minimum absolute atomic E-state index is 0.0664. The van der Waals surface area contributed by atoms with Gasteiger partial charge in [0.15, 0.2) is 21.4 Å². The number of amides is 1. The third-order valence-corrected chi connectivity index (χ3v) is 12.1. The summed E-state index contributed by atoms with van der Waals surface area (Å²) >= 11 is 5.97. The first kappa shape index (κ1) is 29.7. The van der Waals surface area contributed by atoms with E-state index in [1.807, 2.05) is 0 Å². The highest BCUT2D eigenvalue weighted by Gasteiger charge is 2.61. The molecule has 1 saturated heterocycles. The zero-order valence-corrected chi connectivity index (χ0v) is 23.9. The van der Waals surface area contributed by atoms with Gasteiger partial charge in [-0.25, -0.2) is 25.6 Å². The molecule has 2 aliphatic rings. The Morgan fingerprint density at radius 2 is 1.74 bits per heavy atom. The van der Waals surface area contributed by atoms with Gasteiger partial charge in [0.25, 0.3) is 0 Å². The molecular formula is C26H30ClF2NO7S2. The highest BCUT2D eigenvalue weighted by Crippen LogP contribution is 2.55. The average molecular weight is 606 g/mol. The molecule has 2 heterocycles. The number of carbonyl (C=O) groups is 1. The molecule has 1 fully saturated rings. The number of hydrogen-bond donors (Lipinski definition) is 0. The number of rotatable bonds is 9. The smallest absolute Gasteiger partial charge is 0.219 e. The Labute approximate surface area is 232 Å². The molecule has 2 aliphatic heterocycles. The van der Waals surface area contributed by atoms with Crippen molar-refractivity contribution in [3.63, 3.8) is 0 Å². The zero-order chi connectivity index (χ0) is 28.6. The van der Waals surface area contributed by atoms with Crippen molar-refractivity contribution >= 4 is 37.2 Å². The van der Waals surface area contributed by atoms with E-state index in [0.29, 0.717) is 5.02 Å². The van der Waals surface area contributed by atoms with Crippen molar-refractivity contribution in [2.45, 2.75) is 41.9 Å². The van der Waals surface area contributed by atoms with Crippen LogP contribution in [0.5, 0.6) is 5.75 Å². The summed E-state index contributed by atoms with van der Waals surface area (Å²) in [4.78, 5) is 12.7. The Bertz CT molecular complexity index is 1450. The molecule has 8 nitrogen and oxygen atoms in total. The molecule has 214 valence electrons. The zero-order valence-electron chi connectivity index (χ0n) is 21.5. The second-order valence-corrected chi connectivity index (χ2v) is 14.8. The van der Waals surface area contributed by atoms with E-state index in [0.717, 1.165) is 12.1 Å². The first-order chi connectivity index (χ1) is 18.3.